The van der Waals surface area contributed by atoms with E-state index in [2.05, 4.69) is 5.32 Å². The van der Waals surface area contributed by atoms with Crippen molar-refractivity contribution in [3.8, 4) is 5.75 Å². The highest BCUT2D eigenvalue weighted by Gasteiger charge is 2.32. The van der Waals surface area contributed by atoms with Crippen LogP contribution in [-0.4, -0.2) is 49.0 Å². The van der Waals surface area contributed by atoms with Crippen LogP contribution in [0.3, 0.4) is 0 Å². The number of halogens is 2. The first kappa shape index (κ1) is 19.7. The van der Waals surface area contributed by atoms with Crippen molar-refractivity contribution < 1.29 is 33.0 Å². The van der Waals surface area contributed by atoms with Gasteiger partial charge in [0.05, 0.1) is 13.2 Å². The SMILES string of the molecule is COc1c(F)c(C(=O)O)cc(F)c1N1CCC(NC(=O)OC(C)(C)C)C1. The van der Waals surface area contributed by atoms with Crippen molar-refractivity contribution in [2.24, 2.45) is 0 Å². The minimum absolute atomic E-state index is 0.163. The van der Waals surface area contributed by atoms with E-state index < -0.39 is 40.6 Å². The summed E-state index contributed by atoms with van der Waals surface area (Å²) in [6, 6.07) is 0.306. The molecule has 9 heteroatoms. The van der Waals surface area contributed by atoms with Gasteiger partial charge in [-0.15, -0.1) is 0 Å². The highest BCUT2D eigenvalue weighted by molar-refractivity contribution is 5.90. The van der Waals surface area contributed by atoms with E-state index in [-0.39, 0.29) is 18.3 Å². The summed E-state index contributed by atoms with van der Waals surface area (Å²) in [5.41, 5.74) is -1.61. The molecular weight excluding hydrogens is 350 g/mol. The Labute approximate surface area is 149 Å². The highest BCUT2D eigenvalue weighted by atomic mass is 19.1. The van der Waals surface area contributed by atoms with Gasteiger partial charge in [0, 0.05) is 13.1 Å². The van der Waals surface area contributed by atoms with Gasteiger partial charge in [-0.05, 0) is 33.3 Å². The molecule has 2 N–H and O–H groups in total. The fraction of sp³-hybridized carbons (Fsp3) is 0.529. The van der Waals surface area contributed by atoms with Crippen LogP contribution < -0.4 is 15.0 Å². The van der Waals surface area contributed by atoms with E-state index in [4.69, 9.17) is 14.6 Å². The largest absolute Gasteiger partial charge is 0.491 e. The highest BCUT2D eigenvalue weighted by Crippen LogP contribution is 2.37. The zero-order chi connectivity index (χ0) is 19.6. The summed E-state index contributed by atoms with van der Waals surface area (Å²) in [5.74, 6) is -4.10. The summed E-state index contributed by atoms with van der Waals surface area (Å²) in [6.07, 6.45) is -0.103. The topological polar surface area (TPSA) is 88.1 Å². The Kier molecular flexibility index (Phi) is 5.58. The number of hydrogen-bond donors (Lipinski definition) is 2. The number of hydrogen-bond acceptors (Lipinski definition) is 5. The first-order valence-electron chi connectivity index (χ1n) is 8.07. The van der Waals surface area contributed by atoms with Gasteiger partial charge < -0.3 is 24.8 Å². The molecule has 1 saturated heterocycles. The Bertz CT molecular complexity index is 718. The number of carboxylic acid groups (broad SMARTS) is 1. The van der Waals surface area contributed by atoms with Crippen LogP contribution in [0.25, 0.3) is 0 Å². The van der Waals surface area contributed by atoms with E-state index in [9.17, 15) is 18.4 Å². The summed E-state index contributed by atoms with van der Waals surface area (Å²) in [4.78, 5) is 24.4. The average molecular weight is 372 g/mol. The number of carbonyl (C=O) groups is 2. The molecule has 0 spiro atoms. The van der Waals surface area contributed by atoms with Crippen LogP contribution in [0.1, 0.15) is 37.6 Å². The van der Waals surface area contributed by atoms with Crippen molar-refractivity contribution in [1.82, 2.24) is 5.32 Å². The number of anilines is 1. The van der Waals surface area contributed by atoms with Crippen molar-refractivity contribution in [2.45, 2.75) is 38.8 Å². The molecule has 26 heavy (non-hydrogen) atoms. The van der Waals surface area contributed by atoms with Gasteiger partial charge in [-0.1, -0.05) is 0 Å². The molecule has 1 aromatic carbocycles. The molecule has 1 fully saturated rings. The van der Waals surface area contributed by atoms with Gasteiger partial charge >= 0.3 is 12.1 Å². The van der Waals surface area contributed by atoms with Gasteiger partial charge in [0.15, 0.2) is 17.4 Å². The van der Waals surface area contributed by atoms with Gasteiger partial charge in [0.2, 0.25) is 0 Å². The number of aromatic carboxylic acids is 1. The van der Waals surface area contributed by atoms with Gasteiger partial charge in [0.25, 0.3) is 0 Å². The van der Waals surface area contributed by atoms with Crippen molar-refractivity contribution in [1.29, 1.82) is 0 Å². The smallest absolute Gasteiger partial charge is 0.407 e. The summed E-state index contributed by atoms with van der Waals surface area (Å²) >= 11 is 0. The maximum Gasteiger partial charge on any atom is 0.407 e. The first-order chi connectivity index (χ1) is 12.0. The van der Waals surface area contributed by atoms with E-state index in [1.54, 1.807) is 20.8 Å². The van der Waals surface area contributed by atoms with E-state index >= 15 is 0 Å². The monoisotopic (exact) mass is 372 g/mol. The predicted molar refractivity (Wildman–Crippen MR) is 89.9 cm³/mol. The zero-order valence-electron chi connectivity index (χ0n) is 15.1. The average Bonchev–Trinajstić information content (AvgIpc) is 2.94. The van der Waals surface area contributed by atoms with Crippen molar-refractivity contribution in [3.63, 3.8) is 0 Å². The predicted octanol–water partition coefficient (Wildman–Crippen LogP) is 2.78. The molecule has 1 aromatic rings. The molecule has 2 rings (SSSR count). The van der Waals surface area contributed by atoms with Gasteiger partial charge in [0.1, 0.15) is 16.9 Å². The van der Waals surface area contributed by atoms with Crippen LogP contribution in [0.4, 0.5) is 19.3 Å². The Hall–Kier alpha value is -2.58. The number of rotatable bonds is 4. The third-order valence-corrected chi connectivity index (χ3v) is 3.81. The second kappa shape index (κ2) is 7.35. The van der Waals surface area contributed by atoms with Crippen LogP contribution in [0.2, 0.25) is 0 Å². The van der Waals surface area contributed by atoms with Crippen molar-refractivity contribution in [2.75, 3.05) is 25.1 Å². The first-order valence-corrected chi connectivity index (χ1v) is 8.07. The number of carboxylic acids is 1. The van der Waals surface area contributed by atoms with Crippen molar-refractivity contribution >= 4 is 17.7 Å². The molecule has 1 aliphatic heterocycles. The minimum atomic E-state index is -1.59. The van der Waals surface area contributed by atoms with Crippen LogP contribution >= 0.6 is 0 Å². The lowest BCUT2D eigenvalue weighted by atomic mass is 10.1. The maximum absolute atomic E-state index is 14.4. The molecule has 1 aliphatic rings. The second-order valence-electron chi connectivity index (χ2n) is 6.98. The number of nitrogens with zero attached hydrogens (tertiary/aromatic N) is 1. The molecule has 144 valence electrons. The molecule has 7 nitrogen and oxygen atoms in total. The van der Waals surface area contributed by atoms with E-state index in [0.29, 0.717) is 19.0 Å². The quantitative estimate of drug-likeness (QED) is 0.845. The molecule has 1 atom stereocenters. The third kappa shape index (κ3) is 4.33. The normalized spacial score (nSPS) is 17.2. The van der Waals surface area contributed by atoms with E-state index in [1.807, 2.05) is 0 Å². The summed E-state index contributed by atoms with van der Waals surface area (Å²) in [7, 11) is 1.14. The lowest BCUT2D eigenvalue weighted by Gasteiger charge is -2.24. The third-order valence-electron chi connectivity index (χ3n) is 3.81. The Morgan fingerprint density at radius 2 is 2.00 bits per heavy atom. The maximum atomic E-state index is 14.4. The molecule has 0 aromatic heterocycles. The minimum Gasteiger partial charge on any atom is -0.491 e. The number of carbonyl (C=O) groups excluding carboxylic acids is 1. The number of alkyl carbamates (subject to hydrolysis) is 1. The fourth-order valence-corrected chi connectivity index (χ4v) is 2.79. The Balaban J connectivity index is 2.19. The lowest BCUT2D eigenvalue weighted by molar-refractivity contribution is 0.0508. The molecular formula is C17H22F2N2O5. The van der Waals surface area contributed by atoms with Gasteiger partial charge in [-0.2, -0.15) is 0 Å². The zero-order valence-corrected chi connectivity index (χ0v) is 15.1. The molecule has 0 bridgehead atoms. The van der Waals surface area contributed by atoms with Gasteiger partial charge in [-0.3, -0.25) is 0 Å². The van der Waals surface area contributed by atoms with E-state index in [1.165, 1.54) is 4.90 Å². The van der Waals surface area contributed by atoms with Crippen LogP contribution in [0.15, 0.2) is 6.07 Å². The summed E-state index contributed by atoms with van der Waals surface area (Å²) < 4.78 is 38.8. The Morgan fingerprint density at radius 3 is 2.54 bits per heavy atom. The molecule has 1 heterocycles. The molecule has 1 amide bonds. The van der Waals surface area contributed by atoms with Crippen LogP contribution in [0.5, 0.6) is 5.75 Å². The molecule has 0 aliphatic carbocycles. The van der Waals surface area contributed by atoms with Gasteiger partial charge in [-0.25, -0.2) is 18.4 Å². The fourth-order valence-electron chi connectivity index (χ4n) is 2.79. The summed E-state index contributed by atoms with van der Waals surface area (Å²) in [5, 5.41) is 11.6. The van der Waals surface area contributed by atoms with Crippen molar-refractivity contribution in [3.05, 3.63) is 23.3 Å². The number of ether oxygens (including phenoxy) is 2. The summed E-state index contributed by atoms with van der Waals surface area (Å²) in [6.45, 7) is 5.75. The second-order valence-corrected chi connectivity index (χ2v) is 6.98. The lowest BCUT2D eigenvalue weighted by Crippen LogP contribution is -2.40. The molecule has 1 unspecified atom stereocenters. The number of benzene rings is 1. The number of nitrogens with one attached hydrogen (secondary N) is 1. The standard InChI is InChI=1S/C17H22F2N2O5/c1-17(2,3)26-16(24)20-9-5-6-21(8-9)13-11(18)7-10(15(22)23)12(19)14(13)25-4/h7,9H,5-6,8H2,1-4H3,(H,20,24)(H,22,23). The van der Waals surface area contributed by atoms with E-state index in [0.717, 1.165) is 7.11 Å². The van der Waals surface area contributed by atoms with Crippen LogP contribution in [0, 0.1) is 11.6 Å². The molecule has 0 saturated carbocycles. The number of methoxy groups -OCH3 is 1. The Morgan fingerprint density at radius 1 is 1.35 bits per heavy atom. The number of amides is 1. The molecule has 0 radical (unpaired) electrons. The van der Waals surface area contributed by atoms with Crippen LogP contribution in [-0.2, 0) is 4.74 Å².